The molecule has 124 valence electrons. The third kappa shape index (κ3) is 7.31. The van der Waals surface area contributed by atoms with Crippen molar-refractivity contribution in [3.8, 4) is 0 Å². The zero-order chi connectivity index (χ0) is 17.0. The molecule has 5 heteroatoms. The van der Waals surface area contributed by atoms with Crippen molar-refractivity contribution >= 4 is 23.0 Å². The lowest BCUT2D eigenvalue weighted by atomic mass is 9.92. The molecule has 1 aromatic carbocycles. The first-order valence-electron chi connectivity index (χ1n) is 7.62. The lowest BCUT2D eigenvalue weighted by molar-refractivity contribution is -0.117. The smallest absolute Gasteiger partial charge is 0.224 e. The summed E-state index contributed by atoms with van der Waals surface area (Å²) < 4.78 is 0. The van der Waals surface area contributed by atoms with E-state index in [2.05, 4.69) is 10.6 Å². The summed E-state index contributed by atoms with van der Waals surface area (Å²) in [6.45, 7) is 10.2. The monoisotopic (exact) mass is 307 g/mol. The van der Waals surface area contributed by atoms with Crippen molar-refractivity contribution in [2.75, 3.05) is 22.9 Å². The molecule has 0 aromatic heterocycles. The number of carbonyl (C=O) groups is 1. The molecule has 22 heavy (non-hydrogen) atoms. The second-order valence-corrected chi connectivity index (χ2v) is 7.58. The highest BCUT2D eigenvalue weighted by Crippen LogP contribution is 2.25. The number of carbonyl (C=O) groups excluding carboxylic acids is 1. The number of anilines is 3. The Labute approximate surface area is 133 Å². The number of hydrogen-bond donors (Lipinski definition) is 4. The van der Waals surface area contributed by atoms with Crippen LogP contribution in [0.3, 0.4) is 0 Å². The van der Waals surface area contributed by atoms with Gasteiger partial charge >= 0.3 is 0 Å². The summed E-state index contributed by atoms with van der Waals surface area (Å²) in [6, 6.07) is 5.41. The Kier molecular flexibility index (Phi) is 5.83. The minimum absolute atomic E-state index is 0.0189. The molecule has 0 aliphatic rings. The van der Waals surface area contributed by atoms with Gasteiger partial charge in [-0.1, -0.05) is 20.8 Å². The highest BCUT2D eigenvalue weighted by molar-refractivity contribution is 5.92. The average Bonchev–Trinajstić information content (AvgIpc) is 2.27. The minimum atomic E-state index is -0.706. The van der Waals surface area contributed by atoms with Crippen molar-refractivity contribution in [3.05, 3.63) is 18.2 Å². The van der Waals surface area contributed by atoms with E-state index in [1.54, 1.807) is 19.9 Å². The van der Waals surface area contributed by atoms with Crippen molar-refractivity contribution in [2.45, 2.75) is 53.1 Å². The normalized spacial score (nSPS) is 12.1. The van der Waals surface area contributed by atoms with Crippen LogP contribution < -0.4 is 16.4 Å². The standard InChI is InChI=1S/C17H29N3O2/c1-16(2,3)11-15(21)20-12-6-7-14(13(18)10-12)19-9-8-17(4,5)22/h6-7,10,19,22H,8-9,11,18H2,1-5H3,(H,20,21). The van der Waals surface area contributed by atoms with E-state index in [9.17, 15) is 9.90 Å². The summed E-state index contributed by atoms with van der Waals surface area (Å²) >= 11 is 0. The van der Waals surface area contributed by atoms with Gasteiger partial charge in [-0.3, -0.25) is 4.79 Å². The van der Waals surface area contributed by atoms with Gasteiger partial charge in [0.1, 0.15) is 0 Å². The summed E-state index contributed by atoms with van der Waals surface area (Å²) in [4.78, 5) is 11.9. The third-order valence-corrected chi connectivity index (χ3v) is 3.08. The van der Waals surface area contributed by atoms with E-state index >= 15 is 0 Å². The first kappa shape index (κ1) is 18.3. The summed E-state index contributed by atoms with van der Waals surface area (Å²) in [5, 5.41) is 15.7. The van der Waals surface area contributed by atoms with Crippen LogP contribution >= 0.6 is 0 Å². The molecule has 1 amide bonds. The second kappa shape index (κ2) is 7.01. The second-order valence-electron chi connectivity index (χ2n) is 7.58. The van der Waals surface area contributed by atoms with Crippen LogP contribution in [0.1, 0.15) is 47.5 Å². The maximum absolute atomic E-state index is 11.9. The van der Waals surface area contributed by atoms with Gasteiger partial charge in [0, 0.05) is 18.7 Å². The Hall–Kier alpha value is -1.75. The highest BCUT2D eigenvalue weighted by atomic mass is 16.3. The molecular formula is C17H29N3O2. The van der Waals surface area contributed by atoms with Gasteiger partial charge in [-0.05, 0) is 43.9 Å². The van der Waals surface area contributed by atoms with Crippen molar-refractivity contribution in [3.63, 3.8) is 0 Å². The molecule has 0 atom stereocenters. The van der Waals surface area contributed by atoms with E-state index in [-0.39, 0.29) is 11.3 Å². The highest BCUT2D eigenvalue weighted by Gasteiger charge is 2.16. The molecule has 0 radical (unpaired) electrons. The van der Waals surface area contributed by atoms with Crippen LogP contribution in [-0.2, 0) is 4.79 Å². The molecule has 0 aliphatic heterocycles. The fourth-order valence-electron chi connectivity index (χ4n) is 1.99. The fraction of sp³-hybridized carbons (Fsp3) is 0.588. The number of hydrogen-bond acceptors (Lipinski definition) is 4. The van der Waals surface area contributed by atoms with Crippen molar-refractivity contribution in [1.82, 2.24) is 0 Å². The van der Waals surface area contributed by atoms with Crippen LogP contribution in [0, 0.1) is 5.41 Å². The third-order valence-electron chi connectivity index (χ3n) is 3.08. The van der Waals surface area contributed by atoms with Gasteiger partial charge in [-0.25, -0.2) is 0 Å². The van der Waals surface area contributed by atoms with Gasteiger partial charge in [-0.2, -0.15) is 0 Å². The molecule has 5 nitrogen and oxygen atoms in total. The molecule has 0 saturated heterocycles. The Morgan fingerprint density at radius 2 is 1.86 bits per heavy atom. The van der Waals surface area contributed by atoms with Crippen LogP contribution in [0.4, 0.5) is 17.1 Å². The molecule has 0 spiro atoms. The predicted octanol–water partition coefficient (Wildman–Crippen LogP) is 3.22. The Balaban J connectivity index is 2.60. The molecule has 1 rings (SSSR count). The van der Waals surface area contributed by atoms with E-state index in [1.807, 2.05) is 32.9 Å². The molecule has 0 heterocycles. The van der Waals surface area contributed by atoms with Gasteiger partial charge in [0.05, 0.1) is 17.0 Å². The molecule has 0 saturated carbocycles. The molecule has 5 N–H and O–H groups in total. The van der Waals surface area contributed by atoms with E-state index in [0.717, 1.165) is 5.69 Å². The topological polar surface area (TPSA) is 87.4 Å². The van der Waals surface area contributed by atoms with Crippen molar-refractivity contribution in [1.29, 1.82) is 0 Å². The van der Waals surface area contributed by atoms with E-state index in [4.69, 9.17) is 5.73 Å². The number of nitrogens with two attached hydrogens (primary N) is 1. The number of amides is 1. The summed E-state index contributed by atoms with van der Waals surface area (Å²) in [5.74, 6) is -0.0189. The molecule has 0 unspecified atom stereocenters. The Morgan fingerprint density at radius 1 is 1.23 bits per heavy atom. The maximum Gasteiger partial charge on any atom is 0.224 e. The first-order chi connectivity index (χ1) is 9.96. The zero-order valence-electron chi connectivity index (χ0n) is 14.3. The number of nitrogen functional groups attached to an aromatic ring is 1. The number of nitrogens with one attached hydrogen (secondary N) is 2. The number of aliphatic hydroxyl groups is 1. The quantitative estimate of drug-likeness (QED) is 0.608. The zero-order valence-corrected chi connectivity index (χ0v) is 14.3. The summed E-state index contributed by atoms with van der Waals surface area (Å²) in [5.41, 5.74) is 7.32. The Bertz CT molecular complexity index is 514. The molecule has 1 aromatic rings. The van der Waals surface area contributed by atoms with E-state index < -0.39 is 5.60 Å². The maximum atomic E-state index is 11.9. The minimum Gasteiger partial charge on any atom is -0.397 e. The van der Waals surface area contributed by atoms with Crippen LogP contribution in [-0.4, -0.2) is 23.2 Å². The average molecular weight is 307 g/mol. The van der Waals surface area contributed by atoms with Crippen LogP contribution in [0.15, 0.2) is 18.2 Å². The van der Waals surface area contributed by atoms with Gasteiger partial charge in [0.2, 0.25) is 5.91 Å². The van der Waals surface area contributed by atoms with Gasteiger partial charge < -0.3 is 21.5 Å². The molecule has 0 aliphatic carbocycles. The van der Waals surface area contributed by atoms with Crippen LogP contribution in [0.2, 0.25) is 0 Å². The predicted molar refractivity (Wildman–Crippen MR) is 93.0 cm³/mol. The number of rotatable bonds is 6. The van der Waals surface area contributed by atoms with Gasteiger partial charge in [0.15, 0.2) is 0 Å². The SMILES string of the molecule is CC(C)(C)CC(=O)Nc1ccc(NCCC(C)(C)O)c(N)c1. The summed E-state index contributed by atoms with van der Waals surface area (Å²) in [6.07, 6.45) is 1.08. The lowest BCUT2D eigenvalue weighted by Gasteiger charge is -2.19. The van der Waals surface area contributed by atoms with Gasteiger partial charge in [0.25, 0.3) is 0 Å². The fourth-order valence-corrected chi connectivity index (χ4v) is 1.99. The van der Waals surface area contributed by atoms with Gasteiger partial charge in [-0.15, -0.1) is 0 Å². The van der Waals surface area contributed by atoms with Crippen LogP contribution in [0.25, 0.3) is 0 Å². The lowest BCUT2D eigenvalue weighted by Crippen LogP contribution is -2.23. The van der Waals surface area contributed by atoms with E-state index in [1.165, 1.54) is 0 Å². The molecule has 0 bridgehead atoms. The largest absolute Gasteiger partial charge is 0.397 e. The van der Waals surface area contributed by atoms with Crippen LogP contribution in [0.5, 0.6) is 0 Å². The first-order valence-corrected chi connectivity index (χ1v) is 7.62. The van der Waals surface area contributed by atoms with Crippen molar-refractivity contribution < 1.29 is 9.90 Å². The molecular weight excluding hydrogens is 278 g/mol. The molecule has 0 fully saturated rings. The Morgan fingerprint density at radius 3 is 2.36 bits per heavy atom. The number of benzene rings is 1. The van der Waals surface area contributed by atoms with E-state index in [0.29, 0.717) is 30.8 Å². The van der Waals surface area contributed by atoms with Crippen molar-refractivity contribution in [2.24, 2.45) is 5.41 Å². The summed E-state index contributed by atoms with van der Waals surface area (Å²) in [7, 11) is 0.